The van der Waals surface area contributed by atoms with Crippen LogP contribution in [0.2, 0.25) is 0 Å². The normalized spacial score (nSPS) is 11.2. The lowest BCUT2D eigenvalue weighted by Gasteiger charge is -1.97. The van der Waals surface area contributed by atoms with E-state index in [-0.39, 0.29) is 0 Å². The van der Waals surface area contributed by atoms with E-state index in [2.05, 4.69) is 15.3 Å². The highest BCUT2D eigenvalue weighted by Crippen LogP contribution is 2.25. The van der Waals surface area contributed by atoms with Crippen LogP contribution in [0.3, 0.4) is 0 Å². The second-order valence-corrected chi connectivity index (χ2v) is 4.90. The number of aryl methyl sites for hydroxylation is 1. The molecule has 0 fully saturated rings. The maximum atomic E-state index is 5.76. The van der Waals surface area contributed by atoms with Crippen LogP contribution < -0.4 is 0 Å². The lowest BCUT2D eigenvalue weighted by atomic mass is 10.2. The summed E-state index contributed by atoms with van der Waals surface area (Å²) in [5, 5.41) is 13.4. The van der Waals surface area contributed by atoms with Crippen molar-refractivity contribution in [1.82, 2.24) is 19.8 Å². The third kappa shape index (κ3) is 1.81. The van der Waals surface area contributed by atoms with Gasteiger partial charge in [0.15, 0.2) is 5.82 Å². The van der Waals surface area contributed by atoms with Crippen molar-refractivity contribution < 1.29 is 0 Å². The molecular weight excluding hydrogens is 256 g/mol. The van der Waals surface area contributed by atoms with Crippen LogP contribution >= 0.6 is 22.9 Å². The molecule has 6 heteroatoms. The monoisotopic (exact) mass is 264 g/mol. The minimum atomic E-state index is 0.532. The Labute approximate surface area is 107 Å². The molecule has 0 N–H and O–H groups in total. The molecule has 17 heavy (non-hydrogen) atoms. The van der Waals surface area contributed by atoms with Gasteiger partial charge >= 0.3 is 0 Å². The van der Waals surface area contributed by atoms with Gasteiger partial charge in [0.1, 0.15) is 5.01 Å². The maximum Gasteiger partial charge on any atom is 0.234 e. The molecule has 2 heterocycles. The largest absolute Gasteiger partial charge is 0.234 e. The third-order valence-corrected chi connectivity index (χ3v) is 3.76. The highest BCUT2D eigenvalue weighted by molar-refractivity contribution is 7.19. The summed E-state index contributed by atoms with van der Waals surface area (Å²) in [4.78, 5) is 0.818. The van der Waals surface area contributed by atoms with Gasteiger partial charge in [-0.1, -0.05) is 35.6 Å². The zero-order chi connectivity index (χ0) is 11.8. The Kier molecular flexibility index (Phi) is 2.57. The van der Waals surface area contributed by atoms with Gasteiger partial charge in [0.05, 0.1) is 0 Å². The van der Waals surface area contributed by atoms with E-state index in [9.17, 15) is 0 Å². The minimum Gasteiger partial charge on any atom is -0.187 e. The second-order valence-electron chi connectivity index (χ2n) is 3.68. The summed E-state index contributed by atoms with van der Waals surface area (Å²) < 4.78 is 1.76. The number of hydrogen-bond donors (Lipinski definition) is 0. The molecule has 0 aliphatic carbocycles. The number of rotatable bonds is 2. The Bertz CT molecular complexity index is 656. The van der Waals surface area contributed by atoms with Gasteiger partial charge < -0.3 is 0 Å². The van der Waals surface area contributed by atoms with Gasteiger partial charge in [0, 0.05) is 11.4 Å². The van der Waals surface area contributed by atoms with E-state index in [0.717, 1.165) is 26.9 Å². The van der Waals surface area contributed by atoms with Gasteiger partial charge in [-0.05, 0) is 12.5 Å². The van der Waals surface area contributed by atoms with E-state index in [1.165, 1.54) is 11.3 Å². The molecule has 0 spiro atoms. The van der Waals surface area contributed by atoms with Crippen molar-refractivity contribution >= 4 is 27.9 Å². The fourth-order valence-corrected chi connectivity index (χ4v) is 2.64. The zero-order valence-electron chi connectivity index (χ0n) is 9.09. The number of hydrogen-bond acceptors (Lipinski definition) is 4. The fourth-order valence-electron chi connectivity index (χ4n) is 1.57. The van der Waals surface area contributed by atoms with Crippen LogP contribution in [-0.2, 0) is 5.88 Å². The molecule has 0 bridgehead atoms. The van der Waals surface area contributed by atoms with Crippen molar-refractivity contribution in [2.45, 2.75) is 12.8 Å². The van der Waals surface area contributed by atoms with E-state index in [1.807, 2.05) is 31.2 Å². The van der Waals surface area contributed by atoms with Crippen LogP contribution in [0, 0.1) is 6.92 Å². The van der Waals surface area contributed by atoms with E-state index >= 15 is 0 Å². The SMILES string of the molecule is Cc1nnc2sc(-c3ccc(CCl)cc3)nn12. The summed E-state index contributed by atoms with van der Waals surface area (Å²) in [6.07, 6.45) is 0. The van der Waals surface area contributed by atoms with Gasteiger partial charge in [-0.2, -0.15) is 9.61 Å². The molecule has 0 aliphatic rings. The highest BCUT2D eigenvalue weighted by atomic mass is 35.5. The van der Waals surface area contributed by atoms with E-state index in [0.29, 0.717) is 5.88 Å². The van der Waals surface area contributed by atoms with Gasteiger partial charge in [-0.3, -0.25) is 0 Å². The van der Waals surface area contributed by atoms with Crippen LogP contribution in [0.5, 0.6) is 0 Å². The zero-order valence-corrected chi connectivity index (χ0v) is 10.7. The predicted molar refractivity (Wildman–Crippen MR) is 68.4 cm³/mol. The third-order valence-electron chi connectivity index (χ3n) is 2.50. The summed E-state index contributed by atoms with van der Waals surface area (Å²) in [5.74, 6) is 1.34. The molecule has 0 amide bonds. The first-order chi connectivity index (χ1) is 8.28. The summed E-state index contributed by atoms with van der Waals surface area (Å²) in [6, 6.07) is 8.08. The average molecular weight is 265 g/mol. The van der Waals surface area contributed by atoms with Crippen molar-refractivity contribution in [3.8, 4) is 10.6 Å². The van der Waals surface area contributed by atoms with Crippen LogP contribution in [0.1, 0.15) is 11.4 Å². The van der Waals surface area contributed by atoms with Crippen molar-refractivity contribution in [1.29, 1.82) is 0 Å². The molecular formula is C11H9ClN4S. The number of fused-ring (bicyclic) bond motifs is 1. The van der Waals surface area contributed by atoms with Gasteiger partial charge in [0.2, 0.25) is 4.96 Å². The van der Waals surface area contributed by atoms with Crippen LogP contribution in [-0.4, -0.2) is 19.8 Å². The number of alkyl halides is 1. The molecule has 86 valence electrons. The molecule has 3 rings (SSSR count). The predicted octanol–water partition coefficient (Wildman–Crippen LogP) is 2.90. The van der Waals surface area contributed by atoms with Gasteiger partial charge in [-0.25, -0.2) is 0 Å². The van der Waals surface area contributed by atoms with Crippen molar-refractivity contribution in [3.63, 3.8) is 0 Å². The summed E-state index contributed by atoms with van der Waals surface area (Å²) >= 11 is 7.29. The molecule has 0 atom stereocenters. The molecule has 0 radical (unpaired) electrons. The van der Waals surface area contributed by atoms with E-state index in [4.69, 9.17) is 11.6 Å². The molecule has 2 aromatic heterocycles. The van der Waals surface area contributed by atoms with E-state index in [1.54, 1.807) is 4.52 Å². The molecule has 1 aromatic carbocycles. The van der Waals surface area contributed by atoms with Gasteiger partial charge in [-0.15, -0.1) is 21.8 Å². The Morgan fingerprint density at radius 3 is 2.65 bits per heavy atom. The second kappa shape index (κ2) is 4.09. The molecule has 4 nitrogen and oxygen atoms in total. The Balaban J connectivity index is 2.07. The number of halogens is 1. The smallest absolute Gasteiger partial charge is 0.187 e. The Hall–Kier alpha value is -1.46. The average Bonchev–Trinajstić information content (AvgIpc) is 2.92. The quantitative estimate of drug-likeness (QED) is 0.669. The van der Waals surface area contributed by atoms with Crippen molar-refractivity contribution in [2.75, 3.05) is 0 Å². The molecule has 0 unspecified atom stereocenters. The molecule has 0 saturated heterocycles. The summed E-state index contributed by atoms with van der Waals surface area (Å²) in [7, 11) is 0. The summed E-state index contributed by atoms with van der Waals surface area (Å²) in [5.41, 5.74) is 2.18. The topological polar surface area (TPSA) is 43.1 Å². The number of benzene rings is 1. The van der Waals surface area contributed by atoms with Crippen molar-refractivity contribution in [3.05, 3.63) is 35.7 Å². The minimum absolute atomic E-state index is 0.532. The van der Waals surface area contributed by atoms with Crippen LogP contribution in [0.25, 0.3) is 15.5 Å². The molecule has 0 aliphatic heterocycles. The first-order valence-electron chi connectivity index (χ1n) is 5.12. The Morgan fingerprint density at radius 1 is 1.24 bits per heavy atom. The van der Waals surface area contributed by atoms with Gasteiger partial charge in [0.25, 0.3) is 0 Å². The fraction of sp³-hybridized carbons (Fsp3) is 0.182. The lowest BCUT2D eigenvalue weighted by molar-refractivity contribution is 0.898. The molecule has 0 saturated carbocycles. The van der Waals surface area contributed by atoms with Crippen LogP contribution in [0.15, 0.2) is 24.3 Å². The number of nitrogens with zero attached hydrogens (tertiary/aromatic N) is 4. The standard InChI is InChI=1S/C11H9ClN4S/c1-7-13-14-11-16(7)15-10(17-11)9-4-2-8(6-12)3-5-9/h2-5H,6H2,1H3. The lowest BCUT2D eigenvalue weighted by Crippen LogP contribution is -1.88. The first kappa shape index (κ1) is 10.7. The summed E-state index contributed by atoms with van der Waals surface area (Å²) in [6.45, 7) is 1.89. The molecule has 3 aromatic rings. The van der Waals surface area contributed by atoms with Crippen molar-refractivity contribution in [2.24, 2.45) is 0 Å². The maximum absolute atomic E-state index is 5.76. The highest BCUT2D eigenvalue weighted by Gasteiger charge is 2.09. The Morgan fingerprint density at radius 2 is 2.00 bits per heavy atom. The number of aromatic nitrogens is 4. The first-order valence-corrected chi connectivity index (χ1v) is 6.47. The van der Waals surface area contributed by atoms with E-state index < -0.39 is 0 Å². The van der Waals surface area contributed by atoms with Crippen LogP contribution in [0.4, 0.5) is 0 Å².